The van der Waals surface area contributed by atoms with Gasteiger partial charge in [0.05, 0.1) is 10.0 Å². The molecule has 0 bridgehead atoms. The molecular weight excluding hydrogens is 132 g/mol. The molecule has 0 unspecified atom stereocenters. The van der Waals surface area contributed by atoms with Crippen molar-refractivity contribution in [2.24, 2.45) is 0 Å². The fourth-order valence-corrected chi connectivity index (χ4v) is 0. The molecule has 0 spiro atoms. The summed E-state index contributed by atoms with van der Waals surface area (Å²) in [6.45, 7) is 0. The summed E-state index contributed by atoms with van der Waals surface area (Å²) in [6.07, 6.45) is 0.917. The van der Waals surface area contributed by atoms with Crippen LogP contribution in [0.2, 0.25) is 0 Å². The third kappa shape index (κ3) is 10.8. The van der Waals surface area contributed by atoms with Crippen molar-refractivity contribution in [3.8, 4) is 0 Å². The van der Waals surface area contributed by atoms with Crippen LogP contribution in [0.1, 0.15) is 0 Å². The van der Waals surface area contributed by atoms with Crippen LogP contribution in [0.15, 0.2) is 0 Å². The van der Waals surface area contributed by atoms with Gasteiger partial charge in [0.2, 0.25) is 0 Å². The van der Waals surface area contributed by atoms with E-state index in [-0.39, 0.29) is 18.9 Å². The summed E-state index contributed by atoms with van der Waals surface area (Å²) >= 11 is 4.51. The largest absolute Gasteiger partial charge is 1.00 e. The summed E-state index contributed by atoms with van der Waals surface area (Å²) in [5.41, 5.74) is 0. The van der Waals surface area contributed by atoms with E-state index < -0.39 is 10.0 Å². The van der Waals surface area contributed by atoms with Crippen molar-refractivity contribution in [3.63, 3.8) is 0 Å². The maximum atomic E-state index is 9.70. The quantitative estimate of drug-likeness (QED) is 0.373. The Kier molecular flexibility index (Phi) is 5.75. The van der Waals surface area contributed by atoms with E-state index in [1.807, 2.05) is 0 Å². The van der Waals surface area contributed by atoms with Crippen LogP contribution in [0.25, 0.3) is 4.24 Å². The topological polar surface area (TPSA) is 48.2 Å². The van der Waals surface area contributed by atoms with Gasteiger partial charge in [-0.2, -0.15) is 0 Å². The Morgan fingerprint density at radius 3 is 1.71 bits per heavy atom. The van der Waals surface area contributed by atoms with Crippen molar-refractivity contribution in [1.29, 1.82) is 0 Å². The van der Waals surface area contributed by atoms with E-state index in [0.29, 0.717) is 0 Å². The van der Waals surface area contributed by atoms with Crippen LogP contribution < -0.4 is 18.9 Å². The van der Waals surface area contributed by atoms with Crippen molar-refractivity contribution >= 4 is 21.8 Å². The fraction of sp³-hybridized carbons (Fsp3) is 1.00. The third-order valence-electron chi connectivity index (χ3n) is 0.125. The Labute approximate surface area is 59.8 Å². The zero-order valence-electron chi connectivity index (χ0n) is 4.05. The molecule has 0 N–H and O–H groups in total. The summed E-state index contributed by atoms with van der Waals surface area (Å²) in [5.74, 6) is 0. The van der Waals surface area contributed by atoms with Gasteiger partial charge in [-0.25, -0.2) is 8.42 Å². The van der Waals surface area contributed by atoms with Crippen molar-refractivity contribution in [1.82, 2.24) is 0 Å². The van der Waals surface area contributed by atoms with Gasteiger partial charge in [-0.15, -0.1) is 0 Å². The van der Waals surface area contributed by atoms with Gasteiger partial charge in [0.25, 0.3) is 0 Å². The fourth-order valence-electron chi connectivity index (χ4n) is 0. The predicted octanol–water partition coefficient (Wildman–Crippen LogP) is -2.52. The second kappa shape index (κ2) is 3.76. The molecule has 0 saturated heterocycles. The van der Waals surface area contributed by atoms with Gasteiger partial charge in [0, 0.05) is 6.26 Å². The average molecular weight is 136 g/mol. The molecule has 7 heavy (non-hydrogen) atoms. The standard InChI is InChI=1S/CH3ClNO2S.Li/c1-6(4,5)3-2;/h1H3;/q-1;+1. The third-order valence-corrected chi connectivity index (χ3v) is 1.13. The van der Waals surface area contributed by atoms with Crippen molar-refractivity contribution < 1.29 is 27.3 Å². The molecule has 0 aliphatic rings. The molecule has 0 fully saturated rings. The van der Waals surface area contributed by atoms with Gasteiger partial charge in [-0.3, -0.25) is 11.8 Å². The molecule has 0 aromatic heterocycles. The summed E-state index contributed by atoms with van der Waals surface area (Å²) < 4.78 is 21.9. The normalized spacial score (nSPS) is 10.0. The first-order valence-corrected chi connectivity index (χ1v) is 3.28. The molecule has 0 saturated carbocycles. The van der Waals surface area contributed by atoms with Crippen LogP contribution in [0.4, 0.5) is 0 Å². The Morgan fingerprint density at radius 2 is 1.71 bits per heavy atom. The smallest absolute Gasteiger partial charge is 0.463 e. The molecule has 3 nitrogen and oxygen atoms in total. The van der Waals surface area contributed by atoms with E-state index in [9.17, 15) is 8.42 Å². The first-order valence-electron chi connectivity index (χ1n) is 1.09. The Bertz CT molecular complexity index is 120. The maximum absolute atomic E-state index is 9.70. The van der Waals surface area contributed by atoms with Crippen LogP contribution in [-0.2, 0) is 10.0 Å². The maximum Gasteiger partial charge on any atom is 1.00 e. The predicted molar refractivity (Wildman–Crippen MR) is 24.1 cm³/mol. The van der Waals surface area contributed by atoms with Crippen molar-refractivity contribution in [2.45, 2.75) is 0 Å². The zero-order valence-corrected chi connectivity index (χ0v) is 5.62. The molecule has 0 atom stereocenters. The average Bonchev–Trinajstić information content (AvgIpc) is 1.35. The zero-order chi connectivity index (χ0) is 5.21. The first kappa shape index (κ1) is 10.7. The first-order chi connectivity index (χ1) is 2.56. The number of hydrogen-bond acceptors (Lipinski definition) is 2. The second-order valence-corrected chi connectivity index (χ2v) is 2.82. The van der Waals surface area contributed by atoms with E-state index in [0.717, 1.165) is 6.26 Å². The van der Waals surface area contributed by atoms with Gasteiger partial charge in [-0.05, 0) is 0 Å². The van der Waals surface area contributed by atoms with Crippen molar-refractivity contribution in [3.05, 3.63) is 4.24 Å². The van der Waals surface area contributed by atoms with Crippen molar-refractivity contribution in [2.75, 3.05) is 6.26 Å². The molecule has 0 aromatic rings. The molecule has 0 aliphatic heterocycles. The Hall–Kier alpha value is 0.797. The number of rotatable bonds is 1. The molecule has 0 radical (unpaired) electrons. The number of nitrogens with zero attached hydrogens (tertiary/aromatic N) is 1. The molecular formula is CH3ClLiNO2S. The van der Waals surface area contributed by atoms with Gasteiger partial charge in [0.15, 0.2) is 0 Å². The molecule has 38 valence electrons. The minimum absolute atomic E-state index is 0. The van der Waals surface area contributed by atoms with Crippen LogP contribution in [0, 0.1) is 0 Å². The van der Waals surface area contributed by atoms with E-state index in [1.54, 1.807) is 0 Å². The van der Waals surface area contributed by atoms with Gasteiger partial charge >= 0.3 is 18.9 Å². The van der Waals surface area contributed by atoms with Crippen LogP contribution in [0.5, 0.6) is 0 Å². The SMILES string of the molecule is CS(=O)(=O)[N-]Cl.[Li+]. The Morgan fingerprint density at radius 1 is 1.57 bits per heavy atom. The van der Waals surface area contributed by atoms with E-state index >= 15 is 0 Å². The monoisotopic (exact) mass is 135 g/mol. The van der Waals surface area contributed by atoms with Crippen LogP contribution in [-0.4, -0.2) is 14.7 Å². The summed E-state index contributed by atoms with van der Waals surface area (Å²) in [5, 5.41) is 0. The van der Waals surface area contributed by atoms with Gasteiger partial charge in [0.1, 0.15) is 0 Å². The molecule has 0 aromatic carbocycles. The Balaban J connectivity index is 0. The van der Waals surface area contributed by atoms with E-state index in [4.69, 9.17) is 0 Å². The number of sulfonamides is 1. The van der Waals surface area contributed by atoms with Crippen LogP contribution in [0.3, 0.4) is 0 Å². The molecule has 0 amide bonds. The van der Waals surface area contributed by atoms with E-state index in [1.165, 1.54) is 0 Å². The van der Waals surface area contributed by atoms with Crippen LogP contribution >= 0.6 is 11.8 Å². The number of hydrogen-bond donors (Lipinski definition) is 0. The molecule has 0 heterocycles. The molecule has 6 heteroatoms. The molecule has 0 rings (SSSR count). The minimum atomic E-state index is -3.27. The minimum Gasteiger partial charge on any atom is -0.463 e. The van der Waals surface area contributed by atoms with Gasteiger partial charge in [-0.1, -0.05) is 0 Å². The number of halogens is 1. The van der Waals surface area contributed by atoms with Gasteiger partial charge < -0.3 is 4.24 Å². The summed E-state index contributed by atoms with van der Waals surface area (Å²) in [7, 11) is -3.27. The van der Waals surface area contributed by atoms with E-state index in [2.05, 4.69) is 16.0 Å². The summed E-state index contributed by atoms with van der Waals surface area (Å²) in [6, 6.07) is 0. The molecule has 0 aliphatic carbocycles. The second-order valence-electron chi connectivity index (χ2n) is 0.802. The summed E-state index contributed by atoms with van der Waals surface area (Å²) in [4.78, 5) is 0.